The van der Waals surface area contributed by atoms with E-state index in [1.165, 1.54) is 12.8 Å². The molecule has 1 atom stereocenters. The predicted molar refractivity (Wildman–Crippen MR) is 63.0 cm³/mol. The van der Waals surface area contributed by atoms with Crippen LogP contribution in [0.2, 0.25) is 0 Å². The van der Waals surface area contributed by atoms with Crippen molar-refractivity contribution in [1.29, 1.82) is 0 Å². The van der Waals surface area contributed by atoms with Crippen molar-refractivity contribution in [2.75, 3.05) is 7.05 Å². The Bertz CT molecular complexity index is 344. The van der Waals surface area contributed by atoms with Crippen molar-refractivity contribution in [2.45, 2.75) is 18.9 Å². The summed E-state index contributed by atoms with van der Waals surface area (Å²) in [5.41, 5.74) is 0. The standard InChI is InChI=1S/C10H13IN2O/c1-12-10(14)9(7-4-5-7)13-6-2-3-8(13)11/h2-3,6-7,9H,4-5H2,1H3,(H,12,14). The molecule has 0 radical (unpaired) electrons. The van der Waals surface area contributed by atoms with Gasteiger partial charge < -0.3 is 9.88 Å². The number of halogens is 1. The van der Waals surface area contributed by atoms with E-state index < -0.39 is 0 Å². The zero-order chi connectivity index (χ0) is 10.1. The van der Waals surface area contributed by atoms with Crippen molar-refractivity contribution in [3.05, 3.63) is 22.0 Å². The largest absolute Gasteiger partial charge is 0.357 e. The van der Waals surface area contributed by atoms with Crippen molar-refractivity contribution in [3.63, 3.8) is 0 Å². The Labute approximate surface area is 97.0 Å². The van der Waals surface area contributed by atoms with Crippen molar-refractivity contribution >= 4 is 28.5 Å². The van der Waals surface area contributed by atoms with E-state index >= 15 is 0 Å². The number of likely N-dealkylation sites (N-methyl/N-ethyl adjacent to an activating group) is 1. The minimum absolute atomic E-state index is 0.00176. The molecule has 0 bridgehead atoms. The fraction of sp³-hybridized carbons (Fsp3) is 0.500. The normalized spacial score (nSPS) is 17.9. The Morgan fingerprint density at radius 1 is 1.71 bits per heavy atom. The molecule has 1 saturated carbocycles. The molecule has 4 heteroatoms. The fourth-order valence-electron chi connectivity index (χ4n) is 1.73. The summed E-state index contributed by atoms with van der Waals surface area (Å²) in [5.74, 6) is 0.664. The molecule has 1 aliphatic carbocycles. The monoisotopic (exact) mass is 304 g/mol. The number of nitrogens with zero attached hydrogens (tertiary/aromatic N) is 1. The molecule has 1 aromatic heterocycles. The van der Waals surface area contributed by atoms with Crippen molar-refractivity contribution in [1.82, 2.24) is 9.88 Å². The summed E-state index contributed by atoms with van der Waals surface area (Å²) in [6, 6.07) is 4.01. The molecule has 0 spiro atoms. The highest BCUT2D eigenvalue weighted by Gasteiger charge is 2.37. The molecule has 1 unspecified atom stereocenters. The molecule has 76 valence electrons. The van der Waals surface area contributed by atoms with Gasteiger partial charge in [0.1, 0.15) is 6.04 Å². The van der Waals surface area contributed by atoms with Crippen LogP contribution in [-0.4, -0.2) is 17.5 Å². The molecular formula is C10H13IN2O. The molecule has 1 fully saturated rings. The predicted octanol–water partition coefficient (Wildman–Crippen LogP) is 1.79. The Hall–Kier alpha value is -0.520. The van der Waals surface area contributed by atoms with E-state index in [2.05, 4.69) is 32.5 Å². The number of nitrogens with one attached hydrogen (secondary N) is 1. The van der Waals surface area contributed by atoms with E-state index in [0.717, 1.165) is 3.70 Å². The third kappa shape index (κ3) is 1.80. The smallest absolute Gasteiger partial charge is 0.243 e. The minimum Gasteiger partial charge on any atom is -0.357 e. The van der Waals surface area contributed by atoms with Gasteiger partial charge in [-0.1, -0.05) is 0 Å². The van der Waals surface area contributed by atoms with Gasteiger partial charge in [0.2, 0.25) is 5.91 Å². The maximum Gasteiger partial charge on any atom is 0.243 e. The molecule has 0 aliphatic heterocycles. The summed E-state index contributed by atoms with van der Waals surface area (Å²) in [4.78, 5) is 11.7. The van der Waals surface area contributed by atoms with E-state index in [9.17, 15) is 4.79 Å². The Kier molecular flexibility index (Phi) is 2.80. The van der Waals surface area contributed by atoms with Crippen LogP contribution in [0.5, 0.6) is 0 Å². The lowest BCUT2D eigenvalue weighted by Gasteiger charge is -2.17. The number of rotatable bonds is 3. The molecule has 1 aliphatic rings. The van der Waals surface area contributed by atoms with Gasteiger partial charge in [-0.15, -0.1) is 0 Å². The summed E-state index contributed by atoms with van der Waals surface area (Å²) in [6.07, 6.45) is 4.33. The quantitative estimate of drug-likeness (QED) is 0.849. The molecule has 1 amide bonds. The van der Waals surface area contributed by atoms with Crippen LogP contribution in [0.4, 0.5) is 0 Å². The maximum absolute atomic E-state index is 11.7. The average molecular weight is 304 g/mol. The van der Waals surface area contributed by atoms with Crippen LogP contribution in [0.25, 0.3) is 0 Å². The van der Waals surface area contributed by atoms with Gasteiger partial charge in [0.25, 0.3) is 0 Å². The molecule has 0 saturated heterocycles. The molecule has 14 heavy (non-hydrogen) atoms. The third-order valence-electron chi connectivity index (χ3n) is 2.61. The highest BCUT2D eigenvalue weighted by Crippen LogP contribution is 2.40. The molecule has 2 rings (SSSR count). The van der Waals surface area contributed by atoms with Crippen LogP contribution in [0.1, 0.15) is 18.9 Å². The third-order valence-corrected chi connectivity index (χ3v) is 3.53. The summed E-state index contributed by atoms with van der Waals surface area (Å²) in [5, 5.41) is 2.74. The molecule has 1 heterocycles. The van der Waals surface area contributed by atoms with E-state index in [0.29, 0.717) is 5.92 Å². The first-order chi connectivity index (χ1) is 6.74. The van der Waals surface area contributed by atoms with Crippen LogP contribution in [0.3, 0.4) is 0 Å². The van der Waals surface area contributed by atoms with Crippen LogP contribution in [0, 0.1) is 9.62 Å². The molecule has 1 aromatic rings. The second-order valence-corrected chi connectivity index (χ2v) is 4.74. The molecular weight excluding hydrogens is 291 g/mol. The number of carbonyl (C=O) groups is 1. The Morgan fingerprint density at radius 3 is 2.86 bits per heavy atom. The van der Waals surface area contributed by atoms with Crippen molar-refractivity contribution in [2.24, 2.45) is 5.92 Å². The summed E-state index contributed by atoms with van der Waals surface area (Å²) < 4.78 is 3.19. The maximum atomic E-state index is 11.7. The lowest BCUT2D eigenvalue weighted by molar-refractivity contribution is -0.124. The van der Waals surface area contributed by atoms with Crippen LogP contribution in [0.15, 0.2) is 18.3 Å². The van der Waals surface area contributed by atoms with Gasteiger partial charge in [-0.2, -0.15) is 0 Å². The SMILES string of the molecule is CNC(=O)C(C1CC1)n1cccc1I. The lowest BCUT2D eigenvalue weighted by atomic mass is 10.1. The molecule has 1 N–H and O–H groups in total. The fourth-order valence-corrected chi connectivity index (χ4v) is 2.39. The van der Waals surface area contributed by atoms with Crippen LogP contribution >= 0.6 is 22.6 Å². The van der Waals surface area contributed by atoms with Gasteiger partial charge in [-0.05, 0) is 53.5 Å². The highest BCUT2D eigenvalue weighted by molar-refractivity contribution is 14.1. The van der Waals surface area contributed by atoms with E-state index in [-0.39, 0.29) is 11.9 Å². The van der Waals surface area contributed by atoms with Crippen LogP contribution in [-0.2, 0) is 4.79 Å². The zero-order valence-electron chi connectivity index (χ0n) is 8.03. The average Bonchev–Trinajstić information content (AvgIpc) is 2.92. The number of hydrogen-bond donors (Lipinski definition) is 1. The second-order valence-electron chi connectivity index (χ2n) is 3.63. The first kappa shape index (κ1) is 10.0. The summed E-state index contributed by atoms with van der Waals surface area (Å²) >= 11 is 2.26. The van der Waals surface area contributed by atoms with Gasteiger partial charge >= 0.3 is 0 Å². The molecule has 0 aromatic carbocycles. The van der Waals surface area contributed by atoms with Crippen LogP contribution < -0.4 is 5.32 Å². The van der Waals surface area contributed by atoms with Crippen molar-refractivity contribution < 1.29 is 4.79 Å². The van der Waals surface area contributed by atoms with E-state index in [1.807, 2.05) is 18.3 Å². The lowest BCUT2D eigenvalue weighted by Crippen LogP contribution is -2.31. The van der Waals surface area contributed by atoms with Gasteiger partial charge in [0.15, 0.2) is 0 Å². The van der Waals surface area contributed by atoms with Crippen molar-refractivity contribution in [3.8, 4) is 0 Å². The van der Waals surface area contributed by atoms with E-state index in [4.69, 9.17) is 0 Å². The Balaban J connectivity index is 2.26. The minimum atomic E-state index is 0.00176. The number of aromatic nitrogens is 1. The zero-order valence-corrected chi connectivity index (χ0v) is 10.2. The first-order valence-corrected chi connectivity index (χ1v) is 5.86. The highest BCUT2D eigenvalue weighted by atomic mass is 127. The van der Waals surface area contributed by atoms with Gasteiger partial charge in [-0.3, -0.25) is 4.79 Å². The van der Waals surface area contributed by atoms with Gasteiger partial charge in [-0.25, -0.2) is 0 Å². The van der Waals surface area contributed by atoms with Gasteiger partial charge in [0, 0.05) is 13.2 Å². The topological polar surface area (TPSA) is 34.0 Å². The van der Waals surface area contributed by atoms with Gasteiger partial charge in [0.05, 0.1) is 3.70 Å². The number of hydrogen-bond acceptors (Lipinski definition) is 1. The first-order valence-electron chi connectivity index (χ1n) is 4.78. The number of carbonyl (C=O) groups excluding carboxylic acids is 1. The Morgan fingerprint density at radius 2 is 2.43 bits per heavy atom. The molecule has 3 nitrogen and oxygen atoms in total. The number of amides is 1. The summed E-state index contributed by atoms with van der Waals surface area (Å²) in [6.45, 7) is 0. The second kappa shape index (κ2) is 3.92. The summed E-state index contributed by atoms with van der Waals surface area (Å²) in [7, 11) is 1.70. The van der Waals surface area contributed by atoms with E-state index in [1.54, 1.807) is 7.05 Å².